The predicted molar refractivity (Wildman–Crippen MR) is 62.0 cm³/mol. The van der Waals surface area contributed by atoms with E-state index in [9.17, 15) is 9.59 Å². The fraction of sp³-hybridized carbons (Fsp3) is 0.545. The van der Waals surface area contributed by atoms with Gasteiger partial charge in [-0.3, -0.25) is 9.48 Å². The first-order valence-electron chi connectivity index (χ1n) is 5.47. The van der Waals surface area contributed by atoms with E-state index in [2.05, 4.69) is 24.3 Å². The Balaban J connectivity index is 2.72. The number of carbonyl (C=O) groups excluding carboxylic acids is 1. The van der Waals surface area contributed by atoms with Crippen LogP contribution in [0, 0.1) is 5.92 Å². The Bertz CT molecular complexity index is 424. The van der Waals surface area contributed by atoms with E-state index < -0.39 is 11.9 Å². The SMILES string of the molecule is CC(C)CCNC(=O)c1cnn(C)c1C(=O)O. The van der Waals surface area contributed by atoms with Crippen LogP contribution in [0.25, 0.3) is 0 Å². The second-order valence-electron chi connectivity index (χ2n) is 4.27. The molecule has 1 aromatic rings. The van der Waals surface area contributed by atoms with E-state index in [-0.39, 0.29) is 11.3 Å². The van der Waals surface area contributed by atoms with E-state index in [0.717, 1.165) is 6.42 Å². The summed E-state index contributed by atoms with van der Waals surface area (Å²) < 4.78 is 1.18. The molecule has 1 rings (SSSR count). The zero-order valence-electron chi connectivity index (χ0n) is 10.2. The van der Waals surface area contributed by atoms with Gasteiger partial charge in [-0.1, -0.05) is 13.8 Å². The van der Waals surface area contributed by atoms with Crippen LogP contribution in [0.2, 0.25) is 0 Å². The maximum atomic E-state index is 11.7. The van der Waals surface area contributed by atoms with Crippen molar-refractivity contribution in [1.82, 2.24) is 15.1 Å². The third kappa shape index (κ3) is 3.30. The number of aromatic nitrogens is 2. The monoisotopic (exact) mass is 239 g/mol. The molecule has 0 aliphatic heterocycles. The lowest BCUT2D eigenvalue weighted by molar-refractivity contribution is 0.0679. The van der Waals surface area contributed by atoms with Crippen molar-refractivity contribution >= 4 is 11.9 Å². The molecule has 6 nitrogen and oxygen atoms in total. The molecule has 17 heavy (non-hydrogen) atoms. The van der Waals surface area contributed by atoms with Crippen LogP contribution < -0.4 is 5.32 Å². The lowest BCUT2D eigenvalue weighted by Crippen LogP contribution is -2.27. The molecule has 0 atom stereocenters. The van der Waals surface area contributed by atoms with Crippen molar-refractivity contribution in [2.75, 3.05) is 6.54 Å². The zero-order valence-corrected chi connectivity index (χ0v) is 10.2. The van der Waals surface area contributed by atoms with Gasteiger partial charge < -0.3 is 10.4 Å². The van der Waals surface area contributed by atoms with E-state index in [0.29, 0.717) is 12.5 Å². The molecule has 1 amide bonds. The highest BCUT2D eigenvalue weighted by atomic mass is 16.4. The van der Waals surface area contributed by atoms with Crippen LogP contribution in [-0.4, -0.2) is 33.3 Å². The Labute approximate surface area is 99.6 Å². The molecule has 6 heteroatoms. The number of carboxylic acid groups (broad SMARTS) is 1. The standard InChI is InChI=1S/C11H17N3O3/c1-7(2)4-5-12-10(15)8-6-13-14(3)9(8)11(16)17/h6-7H,4-5H2,1-3H3,(H,12,15)(H,16,17). The normalized spacial score (nSPS) is 10.6. The number of carbonyl (C=O) groups is 2. The van der Waals surface area contributed by atoms with Crippen molar-refractivity contribution in [3.8, 4) is 0 Å². The number of nitrogens with zero attached hydrogens (tertiary/aromatic N) is 2. The molecule has 0 fully saturated rings. The topological polar surface area (TPSA) is 84.2 Å². The van der Waals surface area contributed by atoms with E-state index in [1.165, 1.54) is 17.9 Å². The molecular weight excluding hydrogens is 222 g/mol. The highest BCUT2D eigenvalue weighted by Crippen LogP contribution is 2.07. The molecule has 0 saturated heterocycles. The van der Waals surface area contributed by atoms with Crippen molar-refractivity contribution in [2.24, 2.45) is 13.0 Å². The number of rotatable bonds is 5. The number of amides is 1. The summed E-state index contributed by atoms with van der Waals surface area (Å²) in [5.41, 5.74) is 0.0100. The molecule has 2 N–H and O–H groups in total. The number of aromatic carboxylic acids is 1. The Morgan fingerprint density at radius 3 is 2.71 bits per heavy atom. The quantitative estimate of drug-likeness (QED) is 0.799. The summed E-state index contributed by atoms with van der Waals surface area (Å²) in [7, 11) is 1.49. The van der Waals surface area contributed by atoms with Gasteiger partial charge in [0, 0.05) is 13.6 Å². The van der Waals surface area contributed by atoms with Gasteiger partial charge >= 0.3 is 5.97 Å². The highest BCUT2D eigenvalue weighted by Gasteiger charge is 2.20. The summed E-state index contributed by atoms with van der Waals surface area (Å²) in [4.78, 5) is 22.7. The maximum Gasteiger partial charge on any atom is 0.354 e. The van der Waals surface area contributed by atoms with Gasteiger partial charge in [-0.25, -0.2) is 4.79 Å². The largest absolute Gasteiger partial charge is 0.477 e. The zero-order chi connectivity index (χ0) is 13.0. The van der Waals surface area contributed by atoms with E-state index >= 15 is 0 Å². The Kier molecular flexibility index (Phi) is 4.25. The predicted octanol–water partition coefficient (Wildman–Crippen LogP) is 0.894. The number of hydrogen-bond donors (Lipinski definition) is 2. The molecule has 0 unspecified atom stereocenters. The minimum Gasteiger partial charge on any atom is -0.477 e. The van der Waals surface area contributed by atoms with E-state index in [1.54, 1.807) is 0 Å². The summed E-state index contributed by atoms with van der Waals surface area (Å²) in [5, 5.41) is 15.4. The van der Waals surface area contributed by atoms with Crippen LogP contribution in [0.5, 0.6) is 0 Å². The molecule has 0 aliphatic rings. The lowest BCUT2D eigenvalue weighted by atomic mass is 10.1. The average molecular weight is 239 g/mol. The summed E-state index contributed by atoms with van der Waals surface area (Å²) in [6.45, 7) is 4.64. The van der Waals surface area contributed by atoms with Gasteiger partial charge in [0.05, 0.1) is 11.8 Å². The maximum absolute atomic E-state index is 11.7. The van der Waals surface area contributed by atoms with Gasteiger partial charge in [0.1, 0.15) is 0 Å². The molecule has 1 aromatic heterocycles. The third-order valence-corrected chi connectivity index (χ3v) is 2.39. The summed E-state index contributed by atoms with van der Waals surface area (Å²) in [6, 6.07) is 0. The van der Waals surface area contributed by atoms with Gasteiger partial charge in [-0.2, -0.15) is 5.10 Å². The number of carboxylic acids is 1. The molecule has 0 radical (unpaired) electrons. The van der Waals surface area contributed by atoms with Crippen molar-refractivity contribution in [3.63, 3.8) is 0 Å². The molecule has 0 saturated carbocycles. The van der Waals surface area contributed by atoms with Crippen molar-refractivity contribution < 1.29 is 14.7 Å². The fourth-order valence-corrected chi connectivity index (χ4v) is 1.43. The molecule has 1 heterocycles. The molecule has 0 aromatic carbocycles. The molecule has 0 aliphatic carbocycles. The van der Waals surface area contributed by atoms with Crippen LogP contribution in [0.15, 0.2) is 6.20 Å². The van der Waals surface area contributed by atoms with Crippen molar-refractivity contribution in [2.45, 2.75) is 20.3 Å². The lowest BCUT2D eigenvalue weighted by Gasteiger charge is -2.06. The van der Waals surface area contributed by atoms with Gasteiger partial charge in [-0.05, 0) is 12.3 Å². The number of hydrogen-bond acceptors (Lipinski definition) is 3. The Hall–Kier alpha value is -1.85. The smallest absolute Gasteiger partial charge is 0.354 e. The second kappa shape index (κ2) is 5.47. The second-order valence-corrected chi connectivity index (χ2v) is 4.27. The average Bonchev–Trinajstić information content (AvgIpc) is 2.59. The number of aryl methyl sites for hydroxylation is 1. The van der Waals surface area contributed by atoms with Crippen molar-refractivity contribution in [1.29, 1.82) is 0 Å². The van der Waals surface area contributed by atoms with Gasteiger partial charge in [0.15, 0.2) is 5.69 Å². The Morgan fingerprint density at radius 1 is 1.53 bits per heavy atom. The first kappa shape index (κ1) is 13.2. The van der Waals surface area contributed by atoms with Crippen LogP contribution in [0.4, 0.5) is 0 Å². The van der Waals surface area contributed by atoms with Crippen LogP contribution in [-0.2, 0) is 7.05 Å². The molecule has 0 bridgehead atoms. The minimum absolute atomic E-state index is 0.0907. The highest BCUT2D eigenvalue weighted by molar-refractivity contribution is 6.03. The fourth-order valence-electron chi connectivity index (χ4n) is 1.43. The van der Waals surface area contributed by atoms with Crippen molar-refractivity contribution in [3.05, 3.63) is 17.5 Å². The molecule has 0 spiro atoms. The first-order valence-corrected chi connectivity index (χ1v) is 5.47. The third-order valence-electron chi connectivity index (χ3n) is 2.39. The van der Waals surface area contributed by atoms with Gasteiger partial charge in [-0.15, -0.1) is 0 Å². The summed E-state index contributed by atoms with van der Waals surface area (Å²) in [6.07, 6.45) is 2.13. The van der Waals surface area contributed by atoms with Crippen LogP contribution in [0.3, 0.4) is 0 Å². The first-order chi connectivity index (χ1) is 7.93. The summed E-state index contributed by atoms with van der Waals surface area (Å²) >= 11 is 0. The molecule has 94 valence electrons. The van der Waals surface area contributed by atoms with E-state index in [4.69, 9.17) is 5.11 Å². The van der Waals surface area contributed by atoms with Crippen LogP contribution in [0.1, 0.15) is 41.1 Å². The molecular formula is C11H17N3O3. The van der Waals surface area contributed by atoms with E-state index in [1.807, 2.05) is 0 Å². The van der Waals surface area contributed by atoms with Gasteiger partial charge in [0.25, 0.3) is 5.91 Å². The van der Waals surface area contributed by atoms with Crippen LogP contribution >= 0.6 is 0 Å². The summed E-state index contributed by atoms with van der Waals surface area (Å²) in [5.74, 6) is -1.06. The minimum atomic E-state index is -1.15. The van der Waals surface area contributed by atoms with Gasteiger partial charge in [0.2, 0.25) is 0 Å². The Morgan fingerprint density at radius 2 is 2.18 bits per heavy atom. The number of nitrogens with one attached hydrogen (secondary N) is 1.